The van der Waals surface area contributed by atoms with Gasteiger partial charge in [0, 0.05) is 32.2 Å². The van der Waals surface area contributed by atoms with Crippen LogP contribution < -0.4 is 10.2 Å². The molecule has 0 saturated carbocycles. The van der Waals surface area contributed by atoms with Crippen LogP contribution in [-0.2, 0) is 0 Å². The van der Waals surface area contributed by atoms with Crippen molar-refractivity contribution in [3.8, 4) is 0 Å². The molecule has 0 aliphatic carbocycles. The first-order valence-corrected chi connectivity index (χ1v) is 6.83. The Hall–Kier alpha value is -2.41. The molecule has 1 saturated heterocycles. The van der Waals surface area contributed by atoms with E-state index < -0.39 is 0 Å². The predicted octanol–water partition coefficient (Wildman–Crippen LogP) is 1.07. The molecule has 1 fully saturated rings. The third-order valence-corrected chi connectivity index (χ3v) is 3.47. The second-order valence-electron chi connectivity index (χ2n) is 4.98. The summed E-state index contributed by atoms with van der Waals surface area (Å²) in [6.07, 6.45) is 2.93. The highest BCUT2D eigenvalue weighted by molar-refractivity contribution is 6.01. The van der Waals surface area contributed by atoms with Crippen LogP contribution in [0.2, 0.25) is 0 Å². The molecule has 7 nitrogen and oxygen atoms in total. The Morgan fingerprint density at radius 2 is 2.10 bits per heavy atom. The lowest BCUT2D eigenvalue weighted by Crippen LogP contribution is -2.44. The summed E-state index contributed by atoms with van der Waals surface area (Å²) >= 11 is 0. The average molecular weight is 287 g/mol. The highest BCUT2D eigenvalue weighted by Gasteiger charge is 2.16. The first kappa shape index (κ1) is 13.6. The summed E-state index contributed by atoms with van der Waals surface area (Å²) in [5.41, 5.74) is 0. The molecule has 1 N–H and O–H groups in total. The maximum absolute atomic E-state index is 11.9. The van der Waals surface area contributed by atoms with Gasteiger partial charge in [0.05, 0.1) is 6.26 Å². The molecule has 0 aromatic carbocycles. The minimum Gasteiger partial charge on any atom is -0.459 e. The molecule has 1 aliphatic rings. The molecular formula is C14H17N5O2. The molecule has 1 aliphatic heterocycles. The maximum Gasteiger partial charge on any atom is 0.292 e. The van der Waals surface area contributed by atoms with Gasteiger partial charge in [-0.05, 0) is 19.2 Å². The number of nitrogens with one attached hydrogen (secondary N) is 1. The smallest absolute Gasteiger partial charge is 0.292 e. The van der Waals surface area contributed by atoms with Crippen LogP contribution in [0.4, 0.5) is 11.6 Å². The minimum atomic E-state index is -0.317. The van der Waals surface area contributed by atoms with Crippen LogP contribution in [0.5, 0.6) is 0 Å². The van der Waals surface area contributed by atoms with Crippen molar-refractivity contribution in [3.63, 3.8) is 0 Å². The minimum absolute atomic E-state index is 0.259. The van der Waals surface area contributed by atoms with Crippen LogP contribution in [-0.4, -0.2) is 54.0 Å². The lowest BCUT2D eigenvalue weighted by Gasteiger charge is -2.33. The maximum atomic E-state index is 11.9. The first-order valence-electron chi connectivity index (χ1n) is 6.83. The zero-order valence-corrected chi connectivity index (χ0v) is 11.8. The standard InChI is InChI=1S/C14H17N5O2/c1-18-4-6-19(7-5-18)13-9-12(15-10-16-13)17-14(20)11-3-2-8-21-11/h2-3,8-10H,4-7H2,1H3,(H,15,16,17,20). The third kappa shape index (κ3) is 3.19. The molecule has 21 heavy (non-hydrogen) atoms. The summed E-state index contributed by atoms with van der Waals surface area (Å²) < 4.78 is 5.05. The predicted molar refractivity (Wildman–Crippen MR) is 78.4 cm³/mol. The fraction of sp³-hybridized carbons (Fsp3) is 0.357. The van der Waals surface area contributed by atoms with E-state index in [2.05, 4.69) is 32.1 Å². The van der Waals surface area contributed by atoms with Crippen molar-refractivity contribution in [1.29, 1.82) is 0 Å². The number of anilines is 2. The van der Waals surface area contributed by atoms with E-state index >= 15 is 0 Å². The topological polar surface area (TPSA) is 74.5 Å². The molecule has 3 heterocycles. The van der Waals surface area contributed by atoms with Crippen LogP contribution in [0.3, 0.4) is 0 Å². The molecule has 0 spiro atoms. The SMILES string of the molecule is CN1CCN(c2cc(NC(=O)c3ccco3)ncn2)CC1. The molecule has 7 heteroatoms. The molecule has 110 valence electrons. The van der Waals surface area contributed by atoms with Crippen LogP contribution in [0.25, 0.3) is 0 Å². The number of likely N-dealkylation sites (N-methyl/N-ethyl adjacent to an activating group) is 1. The highest BCUT2D eigenvalue weighted by Crippen LogP contribution is 2.16. The number of rotatable bonds is 3. The van der Waals surface area contributed by atoms with E-state index in [1.165, 1.54) is 12.6 Å². The quantitative estimate of drug-likeness (QED) is 0.910. The van der Waals surface area contributed by atoms with Gasteiger partial charge in [-0.15, -0.1) is 0 Å². The van der Waals surface area contributed by atoms with Crippen molar-refractivity contribution in [2.45, 2.75) is 0 Å². The molecule has 0 bridgehead atoms. The number of furan rings is 1. The summed E-state index contributed by atoms with van der Waals surface area (Å²) in [5.74, 6) is 1.24. The van der Waals surface area contributed by atoms with Gasteiger partial charge in [0.25, 0.3) is 5.91 Å². The molecule has 3 rings (SSSR count). The van der Waals surface area contributed by atoms with Gasteiger partial charge < -0.3 is 19.5 Å². The van der Waals surface area contributed by atoms with E-state index in [9.17, 15) is 4.79 Å². The first-order chi connectivity index (χ1) is 10.2. The van der Waals surface area contributed by atoms with Gasteiger partial charge in [0.2, 0.25) is 0 Å². The number of carbonyl (C=O) groups is 1. The summed E-state index contributed by atoms with van der Waals surface area (Å²) in [5, 5.41) is 2.71. The largest absolute Gasteiger partial charge is 0.459 e. The van der Waals surface area contributed by atoms with Crippen LogP contribution in [0.15, 0.2) is 35.2 Å². The molecule has 0 atom stereocenters. The number of nitrogens with zero attached hydrogens (tertiary/aromatic N) is 4. The monoisotopic (exact) mass is 287 g/mol. The number of aromatic nitrogens is 2. The zero-order chi connectivity index (χ0) is 14.7. The number of hydrogen-bond acceptors (Lipinski definition) is 6. The van der Waals surface area contributed by atoms with Gasteiger partial charge in [-0.2, -0.15) is 0 Å². The Kier molecular flexibility index (Phi) is 3.83. The van der Waals surface area contributed by atoms with E-state index in [1.54, 1.807) is 18.2 Å². The number of amides is 1. The van der Waals surface area contributed by atoms with Crippen molar-refractivity contribution in [3.05, 3.63) is 36.5 Å². The molecule has 0 radical (unpaired) electrons. The van der Waals surface area contributed by atoms with Crippen LogP contribution in [0.1, 0.15) is 10.6 Å². The second kappa shape index (κ2) is 5.92. The van der Waals surface area contributed by atoms with Crippen molar-refractivity contribution in [2.75, 3.05) is 43.4 Å². The van der Waals surface area contributed by atoms with E-state index in [-0.39, 0.29) is 11.7 Å². The third-order valence-electron chi connectivity index (χ3n) is 3.47. The van der Waals surface area contributed by atoms with Gasteiger partial charge in [-0.1, -0.05) is 0 Å². The van der Waals surface area contributed by atoms with Gasteiger partial charge in [0.15, 0.2) is 5.76 Å². The Labute approximate surface area is 122 Å². The summed E-state index contributed by atoms with van der Waals surface area (Å²) in [6, 6.07) is 5.06. The van der Waals surface area contributed by atoms with Crippen LogP contribution in [0, 0.1) is 0 Å². The Balaban J connectivity index is 1.70. The van der Waals surface area contributed by atoms with E-state index in [0.29, 0.717) is 5.82 Å². The molecule has 0 unspecified atom stereocenters. The van der Waals surface area contributed by atoms with Gasteiger partial charge in [-0.3, -0.25) is 4.79 Å². The van der Waals surface area contributed by atoms with E-state index in [0.717, 1.165) is 32.0 Å². The molecule has 2 aromatic heterocycles. The fourth-order valence-corrected chi connectivity index (χ4v) is 2.21. The molecule has 1 amide bonds. The number of carbonyl (C=O) groups excluding carboxylic acids is 1. The van der Waals surface area contributed by atoms with Crippen molar-refractivity contribution < 1.29 is 9.21 Å². The van der Waals surface area contributed by atoms with Crippen molar-refractivity contribution in [2.24, 2.45) is 0 Å². The zero-order valence-electron chi connectivity index (χ0n) is 11.8. The van der Waals surface area contributed by atoms with Crippen LogP contribution >= 0.6 is 0 Å². The highest BCUT2D eigenvalue weighted by atomic mass is 16.3. The summed E-state index contributed by atoms with van der Waals surface area (Å²) in [6.45, 7) is 3.83. The van der Waals surface area contributed by atoms with Crippen molar-refractivity contribution >= 4 is 17.5 Å². The fourth-order valence-electron chi connectivity index (χ4n) is 2.21. The normalized spacial score (nSPS) is 16.0. The van der Waals surface area contributed by atoms with Crippen molar-refractivity contribution in [1.82, 2.24) is 14.9 Å². The lowest BCUT2D eigenvalue weighted by molar-refractivity contribution is 0.0996. The number of hydrogen-bond donors (Lipinski definition) is 1. The Morgan fingerprint density at radius 1 is 1.29 bits per heavy atom. The molecule has 2 aromatic rings. The second-order valence-corrected chi connectivity index (χ2v) is 4.98. The van der Waals surface area contributed by atoms with Gasteiger partial charge in [-0.25, -0.2) is 9.97 Å². The average Bonchev–Trinajstić information content (AvgIpc) is 3.02. The Morgan fingerprint density at radius 3 is 2.81 bits per heavy atom. The summed E-state index contributed by atoms with van der Waals surface area (Å²) in [7, 11) is 2.10. The molecular weight excluding hydrogens is 270 g/mol. The summed E-state index contributed by atoms with van der Waals surface area (Å²) in [4.78, 5) is 24.7. The number of piperazine rings is 1. The van der Waals surface area contributed by atoms with E-state index in [1.807, 2.05) is 0 Å². The van der Waals surface area contributed by atoms with E-state index in [4.69, 9.17) is 4.42 Å². The lowest BCUT2D eigenvalue weighted by atomic mass is 10.3. The van der Waals surface area contributed by atoms with Gasteiger partial charge in [0.1, 0.15) is 18.0 Å². The van der Waals surface area contributed by atoms with Gasteiger partial charge >= 0.3 is 0 Å². The Bertz CT molecular complexity index is 606.